The standard InChI is InChI=1S/C29H30FN3O3S2/c1-28(2)17-38(35,36)25-9-8-18(11-23(25)28)12-26(34)32-27-21(14-31)22-16-33(29(3,4)13-24(22)37-27)15-19-6-5-7-20(30)10-19/h5-11H,12-13,15-17H2,1-4H3,(H,32,34). The summed E-state index contributed by atoms with van der Waals surface area (Å²) in [6, 6.07) is 14.0. The van der Waals surface area contributed by atoms with Crippen LogP contribution in [0.2, 0.25) is 0 Å². The lowest BCUT2D eigenvalue weighted by atomic mass is 9.86. The number of anilines is 1. The van der Waals surface area contributed by atoms with Gasteiger partial charge in [-0.05, 0) is 48.7 Å². The van der Waals surface area contributed by atoms with Crippen LogP contribution in [0, 0.1) is 17.1 Å². The smallest absolute Gasteiger partial charge is 0.229 e. The van der Waals surface area contributed by atoms with Gasteiger partial charge in [0.1, 0.15) is 16.9 Å². The maximum Gasteiger partial charge on any atom is 0.229 e. The Balaban J connectivity index is 1.36. The van der Waals surface area contributed by atoms with E-state index < -0.39 is 15.3 Å². The molecule has 5 rings (SSSR count). The van der Waals surface area contributed by atoms with Gasteiger partial charge in [0.25, 0.3) is 0 Å². The lowest BCUT2D eigenvalue weighted by Gasteiger charge is -2.42. The summed E-state index contributed by atoms with van der Waals surface area (Å²) >= 11 is 1.44. The number of hydrogen-bond acceptors (Lipinski definition) is 6. The summed E-state index contributed by atoms with van der Waals surface area (Å²) in [4.78, 5) is 16.7. The molecule has 198 valence electrons. The minimum absolute atomic E-state index is 0.0594. The number of nitriles is 1. The first-order valence-electron chi connectivity index (χ1n) is 12.5. The van der Waals surface area contributed by atoms with Gasteiger partial charge in [0.15, 0.2) is 9.84 Å². The molecular formula is C29H30FN3O3S2. The van der Waals surface area contributed by atoms with E-state index in [1.54, 1.807) is 18.2 Å². The van der Waals surface area contributed by atoms with Crippen LogP contribution in [-0.2, 0) is 46.0 Å². The minimum Gasteiger partial charge on any atom is -0.316 e. The van der Waals surface area contributed by atoms with Crippen molar-refractivity contribution in [2.45, 2.75) is 69.5 Å². The van der Waals surface area contributed by atoms with E-state index in [0.29, 0.717) is 35.0 Å². The molecule has 38 heavy (non-hydrogen) atoms. The van der Waals surface area contributed by atoms with Gasteiger partial charge in [0, 0.05) is 40.9 Å². The molecule has 0 unspecified atom stereocenters. The Kier molecular flexibility index (Phi) is 6.49. The summed E-state index contributed by atoms with van der Waals surface area (Å²) in [6.07, 6.45) is 0.787. The van der Waals surface area contributed by atoms with Crippen LogP contribution in [0.3, 0.4) is 0 Å². The van der Waals surface area contributed by atoms with E-state index in [1.165, 1.54) is 23.5 Å². The van der Waals surface area contributed by atoms with Gasteiger partial charge in [-0.25, -0.2) is 12.8 Å². The SMILES string of the molecule is CC1(C)CS(=O)(=O)c2ccc(CC(=O)Nc3sc4c(c3C#N)CN(Cc3cccc(F)c3)C(C)(C)C4)cc21. The van der Waals surface area contributed by atoms with Crippen molar-refractivity contribution in [1.82, 2.24) is 4.90 Å². The zero-order chi connectivity index (χ0) is 27.5. The molecule has 9 heteroatoms. The van der Waals surface area contributed by atoms with Crippen molar-refractivity contribution in [3.05, 3.63) is 81.0 Å². The fourth-order valence-corrected chi connectivity index (χ4v) is 9.14. The molecule has 2 aliphatic rings. The highest BCUT2D eigenvalue weighted by atomic mass is 32.2. The highest BCUT2D eigenvalue weighted by Gasteiger charge is 2.41. The maximum absolute atomic E-state index is 13.8. The van der Waals surface area contributed by atoms with Gasteiger partial charge in [0.2, 0.25) is 5.91 Å². The van der Waals surface area contributed by atoms with E-state index in [4.69, 9.17) is 0 Å². The third kappa shape index (κ3) is 4.89. The number of carbonyl (C=O) groups is 1. The lowest BCUT2D eigenvalue weighted by molar-refractivity contribution is -0.115. The number of fused-ring (bicyclic) bond motifs is 2. The molecule has 6 nitrogen and oxygen atoms in total. The fraction of sp³-hybridized carbons (Fsp3) is 0.379. The molecule has 0 radical (unpaired) electrons. The number of thiophene rings is 1. The Morgan fingerprint density at radius 3 is 2.63 bits per heavy atom. The highest BCUT2D eigenvalue weighted by Crippen LogP contribution is 2.42. The molecule has 0 fully saturated rings. The topological polar surface area (TPSA) is 90.3 Å². The van der Waals surface area contributed by atoms with Crippen LogP contribution >= 0.6 is 11.3 Å². The summed E-state index contributed by atoms with van der Waals surface area (Å²) in [6.45, 7) is 9.15. The van der Waals surface area contributed by atoms with Gasteiger partial charge in [-0.1, -0.05) is 38.1 Å². The van der Waals surface area contributed by atoms with Crippen molar-refractivity contribution in [2.75, 3.05) is 11.1 Å². The number of hydrogen-bond donors (Lipinski definition) is 1. The molecule has 2 aromatic carbocycles. The summed E-state index contributed by atoms with van der Waals surface area (Å²) in [5.41, 5.74) is 3.00. The molecule has 0 saturated carbocycles. The molecule has 0 spiro atoms. The number of sulfone groups is 1. The normalized spacial score (nSPS) is 18.8. The lowest BCUT2D eigenvalue weighted by Crippen LogP contribution is -2.47. The average Bonchev–Trinajstić information content (AvgIpc) is 3.21. The second kappa shape index (κ2) is 9.30. The molecule has 0 saturated heterocycles. The van der Waals surface area contributed by atoms with Gasteiger partial charge in [-0.2, -0.15) is 5.26 Å². The number of amides is 1. The van der Waals surface area contributed by atoms with Crippen molar-refractivity contribution in [1.29, 1.82) is 5.26 Å². The second-order valence-corrected chi connectivity index (χ2v) is 14.6. The van der Waals surface area contributed by atoms with Gasteiger partial charge in [0.05, 0.1) is 22.6 Å². The molecule has 0 aliphatic carbocycles. The second-order valence-electron chi connectivity index (χ2n) is 11.5. The van der Waals surface area contributed by atoms with Crippen molar-refractivity contribution in [2.24, 2.45) is 0 Å². The number of nitrogens with zero attached hydrogens (tertiary/aromatic N) is 2. The van der Waals surface area contributed by atoms with Crippen molar-refractivity contribution in [3.8, 4) is 6.07 Å². The molecule has 3 heterocycles. The van der Waals surface area contributed by atoms with Crippen molar-refractivity contribution < 1.29 is 17.6 Å². The molecule has 1 N–H and O–H groups in total. The third-order valence-electron chi connectivity index (χ3n) is 7.54. The molecule has 2 aliphatic heterocycles. The highest BCUT2D eigenvalue weighted by molar-refractivity contribution is 7.91. The quantitative estimate of drug-likeness (QED) is 0.462. The minimum atomic E-state index is -3.31. The Morgan fingerprint density at radius 1 is 1.16 bits per heavy atom. The van der Waals surface area contributed by atoms with E-state index in [2.05, 4.69) is 30.1 Å². The number of rotatable bonds is 5. The summed E-state index contributed by atoms with van der Waals surface area (Å²) in [7, 11) is -3.31. The molecule has 0 bridgehead atoms. The van der Waals surface area contributed by atoms with Gasteiger partial charge < -0.3 is 5.32 Å². The van der Waals surface area contributed by atoms with Crippen LogP contribution in [0.5, 0.6) is 0 Å². The van der Waals surface area contributed by atoms with Gasteiger partial charge >= 0.3 is 0 Å². The van der Waals surface area contributed by atoms with E-state index in [9.17, 15) is 22.9 Å². The largest absolute Gasteiger partial charge is 0.316 e. The molecule has 1 amide bonds. The number of nitrogens with one attached hydrogen (secondary N) is 1. The van der Waals surface area contributed by atoms with E-state index in [0.717, 1.165) is 27.1 Å². The zero-order valence-corrected chi connectivity index (χ0v) is 23.5. The maximum atomic E-state index is 13.8. The fourth-order valence-electron chi connectivity index (χ4n) is 5.54. The number of halogens is 1. The third-order valence-corrected chi connectivity index (χ3v) is 10.8. The van der Waals surface area contributed by atoms with Crippen LogP contribution in [0.15, 0.2) is 47.4 Å². The number of carbonyl (C=O) groups excluding carboxylic acids is 1. The van der Waals surface area contributed by atoms with Crippen LogP contribution in [0.4, 0.5) is 9.39 Å². The monoisotopic (exact) mass is 551 g/mol. The van der Waals surface area contributed by atoms with Gasteiger partial charge in [-0.3, -0.25) is 9.69 Å². The zero-order valence-electron chi connectivity index (χ0n) is 21.9. The molecule has 0 atom stereocenters. The van der Waals surface area contributed by atoms with Crippen LogP contribution in [0.1, 0.15) is 60.4 Å². The Hall–Kier alpha value is -3.06. The summed E-state index contributed by atoms with van der Waals surface area (Å²) in [5, 5.41) is 13.5. The first kappa shape index (κ1) is 26.5. The molecular weight excluding hydrogens is 521 g/mol. The van der Waals surface area contributed by atoms with Gasteiger partial charge in [-0.15, -0.1) is 11.3 Å². The predicted molar refractivity (Wildman–Crippen MR) is 146 cm³/mol. The first-order chi connectivity index (χ1) is 17.8. The summed E-state index contributed by atoms with van der Waals surface area (Å²) < 4.78 is 38.7. The molecule has 1 aromatic heterocycles. The number of benzene rings is 2. The van der Waals surface area contributed by atoms with E-state index in [1.807, 2.05) is 26.0 Å². The Labute approximate surface area is 227 Å². The molecule has 3 aromatic rings. The van der Waals surface area contributed by atoms with Crippen LogP contribution < -0.4 is 5.32 Å². The van der Waals surface area contributed by atoms with Crippen molar-refractivity contribution in [3.63, 3.8) is 0 Å². The van der Waals surface area contributed by atoms with E-state index >= 15 is 0 Å². The average molecular weight is 552 g/mol. The Bertz CT molecular complexity index is 1600. The van der Waals surface area contributed by atoms with Crippen LogP contribution in [0.25, 0.3) is 0 Å². The summed E-state index contributed by atoms with van der Waals surface area (Å²) in [5.74, 6) is -0.469. The van der Waals surface area contributed by atoms with Crippen LogP contribution in [-0.4, -0.2) is 30.5 Å². The predicted octanol–water partition coefficient (Wildman–Crippen LogP) is 5.34. The first-order valence-corrected chi connectivity index (χ1v) is 15.0. The Morgan fingerprint density at radius 2 is 1.92 bits per heavy atom. The van der Waals surface area contributed by atoms with Crippen molar-refractivity contribution >= 4 is 32.1 Å². The van der Waals surface area contributed by atoms with E-state index in [-0.39, 0.29) is 29.4 Å².